The molecule has 1 aromatic heterocycles. The molecule has 1 amide bonds. The highest BCUT2D eigenvalue weighted by Gasteiger charge is 2.14. The van der Waals surface area contributed by atoms with Gasteiger partial charge in [0.05, 0.1) is 0 Å². The molecule has 0 saturated carbocycles. The lowest BCUT2D eigenvalue weighted by atomic mass is 10.1. The number of amides is 1. The predicted octanol–water partition coefficient (Wildman–Crippen LogP) is 2.19. The van der Waals surface area contributed by atoms with Crippen LogP contribution in [0.25, 0.3) is 10.9 Å². The lowest BCUT2D eigenvalue weighted by Crippen LogP contribution is -2.42. The van der Waals surface area contributed by atoms with E-state index >= 15 is 0 Å². The highest BCUT2D eigenvalue weighted by molar-refractivity contribution is 7.80. The van der Waals surface area contributed by atoms with Crippen LogP contribution in [-0.4, -0.2) is 21.0 Å². The number of hydrogen-bond donors (Lipinski definition) is 2. The minimum absolute atomic E-state index is 0.00609. The molecule has 1 aromatic carbocycles. The van der Waals surface area contributed by atoms with E-state index in [1.807, 2.05) is 55.8 Å². The zero-order chi connectivity index (χ0) is 14.9. The summed E-state index contributed by atoms with van der Waals surface area (Å²) in [7, 11) is 0. The van der Waals surface area contributed by atoms with E-state index in [0.29, 0.717) is 11.5 Å². The maximum Gasteiger partial charge on any atom is 0.240 e. The number of thiocarbonyl (C=S) groups is 1. The summed E-state index contributed by atoms with van der Waals surface area (Å²) >= 11 is 4.97. The molecule has 0 fully saturated rings. The summed E-state index contributed by atoms with van der Waals surface area (Å²) in [5, 5.41) is 3.98. The number of nitrogens with two attached hydrogens (primary N) is 1. The van der Waals surface area contributed by atoms with Crippen molar-refractivity contribution in [2.45, 2.75) is 32.9 Å². The van der Waals surface area contributed by atoms with E-state index in [1.54, 1.807) is 0 Å². The number of rotatable bonds is 3. The number of fused-ring (bicyclic) bond motifs is 1. The molecule has 0 unspecified atom stereocenters. The van der Waals surface area contributed by atoms with Crippen molar-refractivity contribution in [2.24, 2.45) is 5.73 Å². The van der Waals surface area contributed by atoms with E-state index in [4.69, 9.17) is 18.0 Å². The molecular weight excluding hydrogens is 270 g/mol. The van der Waals surface area contributed by atoms with E-state index in [2.05, 4.69) is 5.32 Å². The Hall–Kier alpha value is -1.88. The van der Waals surface area contributed by atoms with Crippen LogP contribution in [-0.2, 0) is 11.3 Å². The third kappa shape index (κ3) is 3.36. The van der Waals surface area contributed by atoms with E-state index in [0.717, 1.165) is 16.5 Å². The first-order chi connectivity index (χ1) is 9.26. The number of nitrogens with one attached hydrogen (secondary N) is 1. The highest BCUT2D eigenvalue weighted by atomic mass is 32.1. The van der Waals surface area contributed by atoms with Gasteiger partial charge in [-0.05, 0) is 45.0 Å². The van der Waals surface area contributed by atoms with Gasteiger partial charge in [-0.3, -0.25) is 4.79 Å². The highest BCUT2D eigenvalue weighted by Crippen LogP contribution is 2.18. The van der Waals surface area contributed by atoms with Crippen LogP contribution in [0, 0.1) is 0 Å². The quantitative estimate of drug-likeness (QED) is 0.852. The molecule has 5 heteroatoms. The Morgan fingerprint density at radius 1 is 1.35 bits per heavy atom. The molecule has 0 radical (unpaired) electrons. The van der Waals surface area contributed by atoms with Gasteiger partial charge in [0.15, 0.2) is 0 Å². The Labute approximate surface area is 123 Å². The van der Waals surface area contributed by atoms with E-state index in [-0.39, 0.29) is 11.4 Å². The van der Waals surface area contributed by atoms with Gasteiger partial charge in [0, 0.05) is 28.2 Å². The third-order valence-electron chi connectivity index (χ3n) is 2.88. The number of aromatic nitrogens is 1. The molecule has 20 heavy (non-hydrogen) atoms. The molecule has 2 aromatic rings. The van der Waals surface area contributed by atoms with E-state index in [1.165, 1.54) is 0 Å². The lowest BCUT2D eigenvalue weighted by Gasteiger charge is -2.20. The predicted molar refractivity (Wildman–Crippen MR) is 85.7 cm³/mol. The summed E-state index contributed by atoms with van der Waals surface area (Å²) in [5.41, 5.74) is 7.23. The number of nitrogens with zero attached hydrogens (tertiary/aromatic N) is 1. The van der Waals surface area contributed by atoms with Crippen molar-refractivity contribution in [1.82, 2.24) is 9.88 Å². The van der Waals surface area contributed by atoms with Crippen molar-refractivity contribution >= 4 is 34.0 Å². The summed E-state index contributed by atoms with van der Waals surface area (Å²) in [4.78, 5) is 12.4. The summed E-state index contributed by atoms with van der Waals surface area (Å²) in [5.74, 6) is -0.00609. The summed E-state index contributed by atoms with van der Waals surface area (Å²) in [6.07, 6.45) is 1.90. The molecule has 0 aliphatic rings. The molecule has 1 heterocycles. The first kappa shape index (κ1) is 14.5. The molecule has 0 bridgehead atoms. The smallest absolute Gasteiger partial charge is 0.240 e. The normalized spacial score (nSPS) is 11.6. The van der Waals surface area contributed by atoms with Gasteiger partial charge in [0.1, 0.15) is 11.5 Å². The van der Waals surface area contributed by atoms with E-state index in [9.17, 15) is 4.79 Å². The van der Waals surface area contributed by atoms with Gasteiger partial charge in [0.2, 0.25) is 5.91 Å². The first-order valence-corrected chi connectivity index (χ1v) is 6.87. The Balaban J connectivity index is 2.24. The lowest BCUT2D eigenvalue weighted by molar-refractivity contribution is -0.123. The topological polar surface area (TPSA) is 60.0 Å². The van der Waals surface area contributed by atoms with Gasteiger partial charge >= 0.3 is 0 Å². The average molecular weight is 289 g/mol. The average Bonchev–Trinajstić information content (AvgIpc) is 2.69. The first-order valence-electron chi connectivity index (χ1n) is 6.46. The minimum Gasteiger partial charge on any atom is -0.389 e. The molecular formula is C15H19N3OS. The van der Waals surface area contributed by atoms with Crippen LogP contribution in [0.2, 0.25) is 0 Å². The van der Waals surface area contributed by atoms with Crippen molar-refractivity contribution in [3.63, 3.8) is 0 Å². The van der Waals surface area contributed by atoms with Crippen LogP contribution in [0.15, 0.2) is 30.5 Å². The van der Waals surface area contributed by atoms with Gasteiger partial charge in [-0.1, -0.05) is 12.2 Å². The monoisotopic (exact) mass is 289 g/mol. The zero-order valence-electron chi connectivity index (χ0n) is 11.9. The fourth-order valence-electron chi connectivity index (χ4n) is 2.10. The molecule has 0 aliphatic heterocycles. The molecule has 3 N–H and O–H groups in total. The Morgan fingerprint density at radius 3 is 2.65 bits per heavy atom. The van der Waals surface area contributed by atoms with Crippen LogP contribution in [0.1, 0.15) is 26.3 Å². The zero-order valence-corrected chi connectivity index (χ0v) is 12.8. The van der Waals surface area contributed by atoms with Crippen molar-refractivity contribution < 1.29 is 4.79 Å². The number of hydrogen-bond acceptors (Lipinski definition) is 2. The molecule has 4 nitrogen and oxygen atoms in total. The van der Waals surface area contributed by atoms with Crippen molar-refractivity contribution in [3.8, 4) is 0 Å². The minimum atomic E-state index is -0.223. The molecule has 0 saturated heterocycles. The molecule has 0 spiro atoms. The Kier molecular flexibility index (Phi) is 3.81. The van der Waals surface area contributed by atoms with Crippen molar-refractivity contribution in [3.05, 3.63) is 36.0 Å². The van der Waals surface area contributed by atoms with Crippen LogP contribution < -0.4 is 11.1 Å². The molecule has 106 valence electrons. The van der Waals surface area contributed by atoms with E-state index < -0.39 is 0 Å². The number of carbonyl (C=O) groups excluding carboxylic acids is 1. The van der Waals surface area contributed by atoms with Crippen LogP contribution in [0.3, 0.4) is 0 Å². The van der Waals surface area contributed by atoms with Crippen molar-refractivity contribution in [2.75, 3.05) is 0 Å². The fraction of sp³-hybridized carbons (Fsp3) is 0.333. The van der Waals surface area contributed by atoms with Crippen LogP contribution >= 0.6 is 12.2 Å². The van der Waals surface area contributed by atoms with Gasteiger partial charge < -0.3 is 15.6 Å². The third-order valence-corrected chi connectivity index (χ3v) is 3.12. The maximum atomic E-state index is 12.0. The molecule has 0 aliphatic carbocycles. The summed E-state index contributed by atoms with van der Waals surface area (Å²) in [6.45, 7) is 6.20. The number of benzene rings is 1. The SMILES string of the molecule is CC(C)(C)NC(=O)Cn1ccc2cc(C(N)=S)ccc21. The van der Waals surface area contributed by atoms with Crippen molar-refractivity contribution in [1.29, 1.82) is 0 Å². The molecule has 2 rings (SSSR count). The van der Waals surface area contributed by atoms with Gasteiger partial charge in [-0.25, -0.2) is 0 Å². The second kappa shape index (κ2) is 5.25. The molecule has 0 atom stereocenters. The largest absolute Gasteiger partial charge is 0.389 e. The summed E-state index contributed by atoms with van der Waals surface area (Å²) < 4.78 is 1.92. The van der Waals surface area contributed by atoms with Crippen LogP contribution in [0.4, 0.5) is 0 Å². The second-order valence-corrected chi connectivity index (χ2v) is 6.32. The second-order valence-electron chi connectivity index (χ2n) is 5.88. The Bertz CT molecular complexity index is 667. The Morgan fingerprint density at radius 2 is 2.05 bits per heavy atom. The van der Waals surface area contributed by atoms with Gasteiger partial charge in [0.25, 0.3) is 0 Å². The van der Waals surface area contributed by atoms with Gasteiger partial charge in [-0.2, -0.15) is 0 Å². The summed E-state index contributed by atoms with van der Waals surface area (Å²) in [6, 6.07) is 7.72. The van der Waals surface area contributed by atoms with Gasteiger partial charge in [-0.15, -0.1) is 0 Å². The van der Waals surface area contributed by atoms with Crippen LogP contribution in [0.5, 0.6) is 0 Å². The fourth-order valence-corrected chi connectivity index (χ4v) is 2.23. The number of carbonyl (C=O) groups is 1. The standard InChI is InChI=1S/C15H19N3OS/c1-15(2,3)17-13(19)9-18-7-6-10-8-11(14(16)20)4-5-12(10)18/h4-8H,9H2,1-3H3,(H2,16,20)(H,17,19). The maximum absolute atomic E-state index is 12.0.